The quantitative estimate of drug-likeness (QED) is 0.767. The van der Waals surface area contributed by atoms with E-state index in [1.54, 1.807) is 4.31 Å². The Labute approximate surface area is 111 Å². The van der Waals surface area contributed by atoms with Gasteiger partial charge in [-0.25, -0.2) is 12.7 Å². The molecule has 1 N–H and O–H groups in total. The van der Waals surface area contributed by atoms with Crippen LogP contribution in [0.15, 0.2) is 0 Å². The lowest BCUT2D eigenvalue weighted by Gasteiger charge is -2.30. The summed E-state index contributed by atoms with van der Waals surface area (Å²) in [5.41, 5.74) is 0. The third-order valence-electron chi connectivity index (χ3n) is 3.85. The molecule has 2 fully saturated rings. The predicted octanol–water partition coefficient (Wildman–Crippen LogP) is 1.58. The average Bonchev–Trinajstić information content (AvgIpc) is 3.13. The molecule has 1 unspecified atom stereocenters. The smallest absolute Gasteiger partial charge is 0.214 e. The largest absolute Gasteiger partial charge is 0.313 e. The van der Waals surface area contributed by atoms with Gasteiger partial charge in [-0.05, 0) is 44.6 Å². The van der Waals surface area contributed by atoms with Gasteiger partial charge in [-0.2, -0.15) is 0 Å². The summed E-state index contributed by atoms with van der Waals surface area (Å²) in [6.45, 7) is 4.43. The molecule has 1 saturated carbocycles. The van der Waals surface area contributed by atoms with Gasteiger partial charge in [-0.1, -0.05) is 13.3 Å². The molecule has 18 heavy (non-hydrogen) atoms. The highest BCUT2D eigenvalue weighted by Crippen LogP contribution is 2.31. The molecule has 2 rings (SSSR count). The molecule has 1 aliphatic carbocycles. The molecule has 1 heterocycles. The molecule has 1 saturated heterocycles. The minimum atomic E-state index is -3.03. The van der Waals surface area contributed by atoms with Gasteiger partial charge in [0, 0.05) is 19.1 Å². The van der Waals surface area contributed by atoms with Crippen molar-refractivity contribution in [1.29, 1.82) is 0 Å². The Hall–Kier alpha value is -0.130. The minimum absolute atomic E-state index is 0.360. The summed E-state index contributed by atoms with van der Waals surface area (Å²) in [6, 6.07) is 0.360. The highest BCUT2D eigenvalue weighted by atomic mass is 32.2. The van der Waals surface area contributed by atoms with E-state index in [9.17, 15) is 8.42 Å². The molecule has 2 aliphatic rings. The average molecular weight is 274 g/mol. The molecule has 0 radical (unpaired) electrons. The fourth-order valence-electron chi connectivity index (χ4n) is 2.61. The van der Waals surface area contributed by atoms with Crippen molar-refractivity contribution in [1.82, 2.24) is 9.62 Å². The molecule has 4 nitrogen and oxygen atoms in total. The van der Waals surface area contributed by atoms with Crippen LogP contribution in [0.5, 0.6) is 0 Å². The van der Waals surface area contributed by atoms with Crippen LogP contribution in [0.25, 0.3) is 0 Å². The van der Waals surface area contributed by atoms with Crippen molar-refractivity contribution in [2.45, 2.75) is 51.5 Å². The Kier molecular flexibility index (Phi) is 5.04. The number of rotatable bonds is 7. The van der Waals surface area contributed by atoms with Crippen LogP contribution in [0, 0.1) is 5.92 Å². The monoisotopic (exact) mass is 274 g/mol. The van der Waals surface area contributed by atoms with Crippen LogP contribution in [0.4, 0.5) is 0 Å². The number of nitrogens with one attached hydrogen (secondary N) is 1. The van der Waals surface area contributed by atoms with Crippen LogP contribution in [-0.2, 0) is 10.0 Å². The first kappa shape index (κ1) is 14.3. The van der Waals surface area contributed by atoms with E-state index in [0.717, 1.165) is 32.2 Å². The SMILES string of the molecule is CCCN(CC1CCCCN1)S(=O)(=O)CC1CC1. The molecule has 0 bridgehead atoms. The molecule has 0 spiro atoms. The van der Waals surface area contributed by atoms with Crippen molar-refractivity contribution in [2.75, 3.05) is 25.4 Å². The highest BCUT2D eigenvalue weighted by Gasteiger charge is 2.32. The summed E-state index contributed by atoms with van der Waals surface area (Å²) in [5.74, 6) is 0.813. The Balaban J connectivity index is 1.92. The molecular formula is C13H26N2O2S. The zero-order valence-electron chi connectivity index (χ0n) is 11.4. The lowest BCUT2D eigenvalue weighted by molar-refractivity contribution is 0.312. The third kappa shape index (κ3) is 4.21. The minimum Gasteiger partial charge on any atom is -0.313 e. The zero-order chi connectivity index (χ0) is 13.0. The number of piperidine rings is 1. The van der Waals surface area contributed by atoms with Crippen LogP contribution >= 0.6 is 0 Å². The van der Waals surface area contributed by atoms with Crippen molar-refractivity contribution in [3.8, 4) is 0 Å². The standard InChI is InChI=1S/C13H26N2O2S/c1-2-9-15(10-13-5-3-4-8-14-13)18(16,17)11-12-6-7-12/h12-14H,2-11H2,1H3. The fourth-order valence-corrected chi connectivity index (χ4v) is 4.61. The second-order valence-corrected chi connectivity index (χ2v) is 7.74. The predicted molar refractivity (Wildman–Crippen MR) is 74.0 cm³/mol. The van der Waals surface area contributed by atoms with Gasteiger partial charge in [0.1, 0.15) is 0 Å². The zero-order valence-corrected chi connectivity index (χ0v) is 12.2. The topological polar surface area (TPSA) is 49.4 Å². The van der Waals surface area contributed by atoms with E-state index in [1.807, 2.05) is 6.92 Å². The van der Waals surface area contributed by atoms with Gasteiger partial charge in [-0.3, -0.25) is 0 Å². The van der Waals surface area contributed by atoms with Gasteiger partial charge in [0.05, 0.1) is 5.75 Å². The van der Waals surface area contributed by atoms with Crippen molar-refractivity contribution in [2.24, 2.45) is 5.92 Å². The normalized spacial score (nSPS) is 25.6. The molecular weight excluding hydrogens is 248 g/mol. The van der Waals surface area contributed by atoms with Crippen LogP contribution in [0.3, 0.4) is 0 Å². The van der Waals surface area contributed by atoms with Crippen molar-refractivity contribution in [3.63, 3.8) is 0 Å². The van der Waals surface area contributed by atoms with E-state index >= 15 is 0 Å². The maximum absolute atomic E-state index is 12.3. The summed E-state index contributed by atoms with van der Waals surface area (Å²) in [5, 5.41) is 3.44. The molecule has 1 aliphatic heterocycles. The third-order valence-corrected chi connectivity index (χ3v) is 5.86. The number of hydrogen-bond donors (Lipinski definition) is 1. The van der Waals surface area contributed by atoms with Gasteiger partial charge in [0.15, 0.2) is 0 Å². The lowest BCUT2D eigenvalue weighted by atomic mass is 10.1. The van der Waals surface area contributed by atoms with Gasteiger partial charge in [0.2, 0.25) is 10.0 Å². The molecule has 106 valence electrons. The van der Waals surface area contributed by atoms with Gasteiger partial charge in [-0.15, -0.1) is 0 Å². The van der Waals surface area contributed by atoms with E-state index in [-0.39, 0.29) is 0 Å². The second-order valence-electron chi connectivity index (χ2n) is 5.73. The maximum Gasteiger partial charge on any atom is 0.214 e. The van der Waals surface area contributed by atoms with E-state index in [1.165, 1.54) is 12.8 Å². The number of hydrogen-bond acceptors (Lipinski definition) is 3. The van der Waals surface area contributed by atoms with Gasteiger partial charge in [0.25, 0.3) is 0 Å². The molecule has 5 heteroatoms. The van der Waals surface area contributed by atoms with Crippen LogP contribution < -0.4 is 5.32 Å². The molecule has 1 atom stereocenters. The summed E-state index contributed by atoms with van der Waals surface area (Å²) < 4.78 is 26.4. The van der Waals surface area contributed by atoms with E-state index in [0.29, 0.717) is 30.8 Å². The molecule has 0 aromatic heterocycles. The van der Waals surface area contributed by atoms with Crippen LogP contribution in [0.1, 0.15) is 45.4 Å². The molecule has 0 aromatic carbocycles. The van der Waals surface area contributed by atoms with Gasteiger partial charge < -0.3 is 5.32 Å². The van der Waals surface area contributed by atoms with Crippen molar-refractivity contribution >= 4 is 10.0 Å². The fraction of sp³-hybridized carbons (Fsp3) is 1.00. The maximum atomic E-state index is 12.3. The highest BCUT2D eigenvalue weighted by molar-refractivity contribution is 7.89. The van der Waals surface area contributed by atoms with Crippen LogP contribution in [-0.4, -0.2) is 44.2 Å². The van der Waals surface area contributed by atoms with E-state index < -0.39 is 10.0 Å². The lowest BCUT2D eigenvalue weighted by Crippen LogP contribution is -2.46. The number of sulfonamides is 1. The second kappa shape index (κ2) is 6.35. The summed E-state index contributed by atoms with van der Waals surface area (Å²) in [6.07, 6.45) is 6.65. The Bertz CT molecular complexity index is 346. The Morgan fingerprint density at radius 2 is 2.00 bits per heavy atom. The van der Waals surface area contributed by atoms with Crippen LogP contribution in [0.2, 0.25) is 0 Å². The summed E-state index contributed by atoms with van der Waals surface area (Å²) >= 11 is 0. The Morgan fingerprint density at radius 1 is 1.22 bits per heavy atom. The van der Waals surface area contributed by atoms with E-state index in [4.69, 9.17) is 0 Å². The summed E-state index contributed by atoms with van der Waals surface area (Å²) in [4.78, 5) is 0. The van der Waals surface area contributed by atoms with Crippen molar-refractivity contribution < 1.29 is 8.42 Å². The Morgan fingerprint density at radius 3 is 2.56 bits per heavy atom. The number of nitrogens with zero attached hydrogens (tertiary/aromatic N) is 1. The molecule has 0 amide bonds. The first-order chi connectivity index (χ1) is 8.62. The first-order valence-corrected chi connectivity index (χ1v) is 8.94. The first-order valence-electron chi connectivity index (χ1n) is 7.33. The van der Waals surface area contributed by atoms with E-state index in [2.05, 4.69) is 5.32 Å². The van der Waals surface area contributed by atoms with Crippen molar-refractivity contribution in [3.05, 3.63) is 0 Å². The van der Waals surface area contributed by atoms with Gasteiger partial charge >= 0.3 is 0 Å². The summed E-state index contributed by atoms with van der Waals surface area (Å²) in [7, 11) is -3.03. The molecule has 0 aromatic rings.